The number of amides is 2. The Morgan fingerprint density at radius 1 is 1.34 bits per heavy atom. The molecule has 0 spiro atoms. The van der Waals surface area contributed by atoms with E-state index in [4.69, 9.17) is 4.42 Å². The normalized spacial score (nSPS) is 16.9. The number of hydrogen-bond donors (Lipinski definition) is 3. The van der Waals surface area contributed by atoms with Crippen LogP contribution in [-0.4, -0.2) is 55.9 Å². The molecule has 5 heterocycles. The Morgan fingerprint density at radius 3 is 3.09 bits per heavy atom. The number of nitrogens with zero attached hydrogens (tertiary/aromatic N) is 3. The van der Waals surface area contributed by atoms with Crippen molar-refractivity contribution in [1.29, 1.82) is 0 Å². The highest BCUT2D eigenvalue weighted by molar-refractivity contribution is 6.01. The second kappa shape index (κ2) is 8.22. The smallest absolute Gasteiger partial charge is 0.326 e. The van der Waals surface area contributed by atoms with Crippen LogP contribution in [0.4, 0.5) is 0 Å². The van der Waals surface area contributed by atoms with E-state index in [1.54, 1.807) is 34.0 Å². The number of hydrogen-bond acceptors (Lipinski definition) is 5. The quantitative estimate of drug-likeness (QED) is 0.413. The van der Waals surface area contributed by atoms with E-state index < -0.39 is 0 Å². The van der Waals surface area contributed by atoms with Gasteiger partial charge in [0.1, 0.15) is 11.4 Å². The summed E-state index contributed by atoms with van der Waals surface area (Å²) < 4.78 is 6.87. The standard InChI is InChI=1S/C22H22N6O4/c29-18(6-5-15-4-2-10-32-15)24-12-19(30)27-9-1-3-14(13-27)28-20-16-7-8-23-21(16)25-11-17(20)26-22(28)31/h2,4-8,10-11,14H,1,3,9,12-13H2,(H,23,25)(H,24,29)(H,26,31)/b6-5+/t14-/m1/s1. The van der Waals surface area contributed by atoms with E-state index in [0.717, 1.165) is 23.7 Å². The maximum Gasteiger partial charge on any atom is 0.326 e. The number of piperidine rings is 1. The van der Waals surface area contributed by atoms with E-state index in [9.17, 15) is 14.4 Å². The highest BCUT2D eigenvalue weighted by Crippen LogP contribution is 2.27. The molecule has 10 heteroatoms. The highest BCUT2D eigenvalue weighted by Gasteiger charge is 2.27. The summed E-state index contributed by atoms with van der Waals surface area (Å²) in [5.41, 5.74) is 1.95. The Morgan fingerprint density at radius 2 is 2.25 bits per heavy atom. The zero-order valence-electron chi connectivity index (χ0n) is 17.2. The van der Waals surface area contributed by atoms with Crippen molar-refractivity contribution in [3.05, 3.63) is 59.2 Å². The summed E-state index contributed by atoms with van der Waals surface area (Å²) in [7, 11) is 0. The average molecular weight is 434 g/mol. The Hall–Kier alpha value is -4.08. The Labute approximate surface area is 181 Å². The van der Waals surface area contributed by atoms with E-state index in [2.05, 4.69) is 20.3 Å². The summed E-state index contributed by atoms with van der Waals surface area (Å²) in [6.07, 6.45) is 9.36. The number of pyridine rings is 1. The molecular formula is C22H22N6O4. The molecule has 2 amide bonds. The van der Waals surface area contributed by atoms with Crippen molar-refractivity contribution in [3.63, 3.8) is 0 Å². The van der Waals surface area contributed by atoms with Crippen LogP contribution in [0.5, 0.6) is 0 Å². The molecule has 1 atom stereocenters. The average Bonchev–Trinajstić information content (AvgIpc) is 3.54. The number of H-pyrrole nitrogens is 2. The van der Waals surface area contributed by atoms with E-state index in [1.165, 1.54) is 18.4 Å². The maximum atomic E-state index is 12.8. The summed E-state index contributed by atoms with van der Waals surface area (Å²) >= 11 is 0. The van der Waals surface area contributed by atoms with Crippen LogP contribution in [0.1, 0.15) is 24.6 Å². The molecule has 4 aromatic heterocycles. The van der Waals surface area contributed by atoms with Gasteiger partial charge in [-0.2, -0.15) is 0 Å². The van der Waals surface area contributed by atoms with E-state index in [0.29, 0.717) is 30.0 Å². The van der Waals surface area contributed by atoms with Gasteiger partial charge >= 0.3 is 5.69 Å². The third-order valence-electron chi connectivity index (χ3n) is 5.73. The molecule has 1 aliphatic rings. The Balaban J connectivity index is 1.29. The van der Waals surface area contributed by atoms with Crippen LogP contribution >= 0.6 is 0 Å². The lowest BCUT2D eigenvalue weighted by Crippen LogP contribution is -2.46. The topological polar surface area (TPSA) is 129 Å². The van der Waals surface area contributed by atoms with Gasteiger partial charge in [-0.15, -0.1) is 0 Å². The second-order valence-electron chi connectivity index (χ2n) is 7.76. The van der Waals surface area contributed by atoms with Crippen LogP contribution in [0, 0.1) is 0 Å². The maximum absolute atomic E-state index is 12.8. The number of furan rings is 1. The minimum atomic E-state index is -0.376. The van der Waals surface area contributed by atoms with Gasteiger partial charge in [-0.25, -0.2) is 9.78 Å². The van der Waals surface area contributed by atoms with Crippen molar-refractivity contribution < 1.29 is 14.0 Å². The van der Waals surface area contributed by atoms with Crippen molar-refractivity contribution in [2.45, 2.75) is 18.9 Å². The molecule has 0 bridgehead atoms. The summed E-state index contributed by atoms with van der Waals surface area (Å²) in [5, 5.41) is 3.47. The molecule has 1 aliphatic heterocycles. The first kappa shape index (κ1) is 19.9. The van der Waals surface area contributed by atoms with Gasteiger partial charge in [0.05, 0.1) is 36.1 Å². The van der Waals surface area contributed by atoms with Gasteiger partial charge in [0.25, 0.3) is 0 Å². The highest BCUT2D eigenvalue weighted by atomic mass is 16.3. The van der Waals surface area contributed by atoms with Crippen LogP contribution < -0.4 is 11.0 Å². The second-order valence-corrected chi connectivity index (χ2v) is 7.76. The minimum absolute atomic E-state index is 0.108. The predicted molar refractivity (Wildman–Crippen MR) is 118 cm³/mol. The molecule has 32 heavy (non-hydrogen) atoms. The van der Waals surface area contributed by atoms with Crippen LogP contribution in [0.3, 0.4) is 0 Å². The van der Waals surface area contributed by atoms with Crippen LogP contribution in [-0.2, 0) is 9.59 Å². The fourth-order valence-electron chi connectivity index (χ4n) is 4.24. The first-order valence-corrected chi connectivity index (χ1v) is 10.4. The SMILES string of the molecule is O=C(/C=C/c1ccco1)NCC(=O)N1CCC[C@@H](n2c(=O)[nH]c3cnc4[nH]ccc4c32)C1. The summed E-state index contributed by atoms with van der Waals surface area (Å²) in [6, 6.07) is 5.19. The van der Waals surface area contributed by atoms with Crippen LogP contribution in [0.15, 0.2) is 52.1 Å². The first-order valence-electron chi connectivity index (χ1n) is 10.4. The van der Waals surface area contributed by atoms with Gasteiger partial charge in [0, 0.05) is 30.7 Å². The van der Waals surface area contributed by atoms with Gasteiger partial charge in [0.2, 0.25) is 11.8 Å². The number of likely N-dealkylation sites (tertiary alicyclic amines) is 1. The molecule has 10 nitrogen and oxygen atoms in total. The zero-order valence-corrected chi connectivity index (χ0v) is 17.2. The van der Waals surface area contributed by atoms with Gasteiger partial charge in [-0.05, 0) is 37.1 Å². The predicted octanol–water partition coefficient (Wildman–Crippen LogP) is 1.79. The van der Waals surface area contributed by atoms with Crippen molar-refractivity contribution in [3.8, 4) is 0 Å². The molecule has 0 aromatic carbocycles. The van der Waals surface area contributed by atoms with E-state index in [1.807, 2.05) is 6.07 Å². The number of nitrogens with one attached hydrogen (secondary N) is 3. The summed E-state index contributed by atoms with van der Waals surface area (Å²) in [5.74, 6) is -0.00412. The fourth-order valence-corrected chi connectivity index (χ4v) is 4.24. The molecule has 1 fully saturated rings. The lowest BCUT2D eigenvalue weighted by molar-refractivity contribution is -0.133. The fraction of sp³-hybridized carbons (Fsp3) is 0.273. The lowest BCUT2D eigenvalue weighted by atomic mass is 10.0. The molecule has 1 saturated heterocycles. The van der Waals surface area contributed by atoms with Crippen molar-refractivity contribution in [1.82, 2.24) is 29.7 Å². The van der Waals surface area contributed by atoms with Crippen molar-refractivity contribution in [2.24, 2.45) is 0 Å². The monoisotopic (exact) mass is 434 g/mol. The lowest BCUT2D eigenvalue weighted by Gasteiger charge is -2.33. The molecule has 0 aliphatic carbocycles. The number of carbonyl (C=O) groups excluding carboxylic acids is 2. The first-order chi connectivity index (χ1) is 15.6. The zero-order chi connectivity index (χ0) is 22.1. The number of rotatable bonds is 5. The van der Waals surface area contributed by atoms with Gasteiger partial charge in [0.15, 0.2) is 0 Å². The van der Waals surface area contributed by atoms with Gasteiger partial charge in [-0.3, -0.25) is 14.2 Å². The molecule has 3 N–H and O–H groups in total. The number of aromatic nitrogens is 4. The van der Waals surface area contributed by atoms with Crippen molar-refractivity contribution in [2.75, 3.05) is 19.6 Å². The molecular weight excluding hydrogens is 412 g/mol. The van der Waals surface area contributed by atoms with Gasteiger partial charge < -0.3 is 24.6 Å². The van der Waals surface area contributed by atoms with Crippen LogP contribution in [0.2, 0.25) is 0 Å². The van der Waals surface area contributed by atoms with Crippen molar-refractivity contribution >= 4 is 40.0 Å². The summed E-state index contributed by atoms with van der Waals surface area (Å²) in [4.78, 5) is 49.5. The Bertz CT molecular complexity index is 1360. The third-order valence-corrected chi connectivity index (χ3v) is 5.73. The number of imidazole rings is 1. The third kappa shape index (κ3) is 3.70. The van der Waals surface area contributed by atoms with E-state index in [-0.39, 0.29) is 30.1 Å². The minimum Gasteiger partial charge on any atom is -0.465 e. The molecule has 0 saturated carbocycles. The number of fused-ring (bicyclic) bond motifs is 3. The number of carbonyl (C=O) groups is 2. The van der Waals surface area contributed by atoms with Crippen LogP contribution in [0.25, 0.3) is 28.1 Å². The van der Waals surface area contributed by atoms with Gasteiger partial charge in [-0.1, -0.05) is 0 Å². The molecule has 5 rings (SSSR count). The molecule has 4 aromatic rings. The number of aromatic amines is 2. The Kier molecular flexibility index (Phi) is 5.10. The molecule has 0 unspecified atom stereocenters. The summed E-state index contributed by atoms with van der Waals surface area (Å²) in [6.45, 7) is 0.881. The molecule has 0 radical (unpaired) electrons. The molecule has 164 valence electrons. The largest absolute Gasteiger partial charge is 0.465 e. The van der Waals surface area contributed by atoms with E-state index >= 15 is 0 Å².